The van der Waals surface area contributed by atoms with Crippen molar-refractivity contribution in [2.24, 2.45) is 46.6 Å². The van der Waals surface area contributed by atoms with Crippen molar-refractivity contribution in [3.8, 4) is 5.75 Å². The maximum Gasteiger partial charge on any atom is 0.322 e. The van der Waals surface area contributed by atoms with E-state index in [-0.39, 0.29) is 43.9 Å². The number of aromatic hydroxyl groups is 1. The topological polar surface area (TPSA) is 594 Å². The third-order valence-electron chi connectivity index (χ3n) is 16.6. The van der Waals surface area contributed by atoms with Gasteiger partial charge >= 0.3 is 5.97 Å². The molecule has 36 nitrogen and oxygen atoms in total. The van der Waals surface area contributed by atoms with E-state index in [1.54, 1.807) is 41.5 Å². The average molecular weight is 1390 g/mol. The second kappa shape index (κ2) is 41.5. The molecule has 0 saturated carbocycles. The summed E-state index contributed by atoms with van der Waals surface area (Å²) in [6.07, 6.45) is -3.71. The van der Waals surface area contributed by atoms with Gasteiger partial charge in [-0.3, -0.25) is 76.7 Å². The number of nitrogens with two attached hydrogens (primary N) is 4. The van der Waals surface area contributed by atoms with Crippen molar-refractivity contribution in [1.82, 2.24) is 63.4 Å². The Hall–Kier alpha value is -9.58. The van der Waals surface area contributed by atoms with Crippen molar-refractivity contribution in [3.05, 3.63) is 29.8 Å². The van der Waals surface area contributed by atoms with E-state index < -0.39 is 237 Å². The Morgan fingerprint density at radius 2 is 0.959 bits per heavy atom. The van der Waals surface area contributed by atoms with E-state index in [1.807, 2.05) is 6.92 Å². The number of aliphatic hydroxyl groups is 2. The van der Waals surface area contributed by atoms with Crippen molar-refractivity contribution in [2.75, 3.05) is 26.2 Å². The summed E-state index contributed by atoms with van der Waals surface area (Å²) in [7, 11) is 0. The zero-order chi connectivity index (χ0) is 74.4. The molecule has 23 N–H and O–H groups in total. The molecule has 0 aliphatic carbocycles. The van der Waals surface area contributed by atoms with Crippen LogP contribution in [0.4, 0.5) is 0 Å². The first kappa shape index (κ1) is 84.5. The molecule has 36 heteroatoms. The number of phenolic OH excluding ortho intramolecular Hbond substituents is 1. The number of nitrogens with zero attached hydrogens (tertiary/aromatic N) is 1. The number of likely N-dealkylation sites (tertiary alicyclic amines) is 1. The first-order valence-electron chi connectivity index (χ1n) is 32.4. The molecule has 0 bridgehead atoms. The quantitative estimate of drug-likeness (QED) is 0.0289. The number of nitrogens with one attached hydrogen (secondary N) is 11. The van der Waals surface area contributed by atoms with E-state index in [0.717, 1.165) is 4.90 Å². The van der Waals surface area contributed by atoms with Crippen LogP contribution in [0.3, 0.4) is 0 Å². The lowest BCUT2D eigenvalue weighted by Crippen LogP contribution is -2.63. The monoisotopic (exact) mass is 1390 g/mol. The average Bonchev–Trinajstić information content (AvgIpc) is 1.57. The lowest BCUT2D eigenvalue weighted by molar-refractivity contribution is -0.145. The summed E-state index contributed by atoms with van der Waals surface area (Å²) >= 11 is 0. The summed E-state index contributed by atoms with van der Waals surface area (Å²) in [5.74, 6) is -19.0. The molecule has 0 unspecified atom stereocenters. The minimum Gasteiger partial charge on any atom is -0.508 e. The first-order valence-corrected chi connectivity index (χ1v) is 32.4. The van der Waals surface area contributed by atoms with Gasteiger partial charge in [0.2, 0.25) is 88.6 Å². The lowest BCUT2D eigenvalue weighted by atomic mass is 9.96. The van der Waals surface area contributed by atoms with Gasteiger partial charge in [0.05, 0.1) is 31.7 Å². The largest absolute Gasteiger partial charge is 0.508 e. The summed E-state index contributed by atoms with van der Waals surface area (Å²) in [6, 6.07) is -11.5. The SMILES string of the molecule is CC[C@H](C)[C@H](N)C(=O)NCC(=O)N[C@@H](Cc1ccc(O)cc1)C(=O)N[C@H](C(=O)N[C@H](C(=O)N[C@@H](CO)C(=O)N[C@@H](CC(N)=O)C(=O)N[C@@H](CCC(N)=O)C(=O)N[C@@H](CCC(N)=O)C(=O)N[C@@H](C(=O)N[C@H](C(=O)N1CCC[C@H]1C(=O)NCC(=O)O)[C@@H](C)O)[C@@H](C)CC)[C@@H](C)CC)C(C)C. The van der Waals surface area contributed by atoms with Gasteiger partial charge in [-0.25, -0.2) is 0 Å². The van der Waals surface area contributed by atoms with E-state index in [0.29, 0.717) is 18.4 Å². The van der Waals surface area contributed by atoms with E-state index >= 15 is 0 Å². The van der Waals surface area contributed by atoms with E-state index in [2.05, 4.69) is 58.5 Å². The summed E-state index contributed by atoms with van der Waals surface area (Å²) < 4.78 is 0. The van der Waals surface area contributed by atoms with Crippen molar-refractivity contribution in [3.63, 3.8) is 0 Å². The maximum atomic E-state index is 14.2. The maximum absolute atomic E-state index is 14.2. The fraction of sp³-hybridized carbons (Fsp3) is 0.645. The minimum absolute atomic E-state index is 0.000444. The zero-order valence-electron chi connectivity index (χ0n) is 56.7. The van der Waals surface area contributed by atoms with Gasteiger partial charge in [0, 0.05) is 25.8 Å². The predicted molar refractivity (Wildman–Crippen MR) is 348 cm³/mol. The molecule has 1 heterocycles. The van der Waals surface area contributed by atoms with Gasteiger partial charge in [-0.05, 0) is 74.0 Å². The molecule has 15 amide bonds. The van der Waals surface area contributed by atoms with Gasteiger partial charge < -0.3 is 107 Å². The zero-order valence-corrected chi connectivity index (χ0v) is 56.7. The Kier molecular flexibility index (Phi) is 35.8. The number of carboxylic acids is 1. The van der Waals surface area contributed by atoms with Crippen LogP contribution in [-0.2, 0) is 83.1 Å². The number of aliphatic carboxylic acids is 1. The summed E-state index contributed by atoms with van der Waals surface area (Å²) in [5, 5.41) is 66.5. The molecule has 1 aliphatic rings. The number of rotatable bonds is 43. The molecule has 1 fully saturated rings. The molecule has 0 spiro atoms. The van der Waals surface area contributed by atoms with E-state index in [9.17, 15) is 92.0 Å². The molecule has 2 rings (SSSR count). The van der Waals surface area contributed by atoms with E-state index in [1.165, 1.54) is 38.1 Å². The van der Waals surface area contributed by atoms with Crippen molar-refractivity contribution >= 4 is 94.6 Å². The number of carbonyl (C=O) groups is 16. The van der Waals surface area contributed by atoms with Crippen molar-refractivity contribution in [2.45, 2.75) is 206 Å². The molecular weight excluding hydrogens is 1290 g/mol. The number of carbonyl (C=O) groups excluding carboxylic acids is 15. The molecule has 1 aromatic rings. The van der Waals surface area contributed by atoms with Crippen LogP contribution in [0.25, 0.3) is 0 Å². The number of carboxylic acid groups (broad SMARTS) is 1. The van der Waals surface area contributed by atoms with Crippen LogP contribution in [0.1, 0.15) is 132 Å². The molecule has 0 aromatic heterocycles. The summed E-state index contributed by atoms with van der Waals surface area (Å²) in [4.78, 5) is 215. The van der Waals surface area contributed by atoms with Crippen LogP contribution in [0, 0.1) is 23.7 Å². The second-order valence-corrected chi connectivity index (χ2v) is 24.7. The molecule has 15 atom stereocenters. The van der Waals surface area contributed by atoms with Gasteiger partial charge in [-0.1, -0.05) is 86.8 Å². The smallest absolute Gasteiger partial charge is 0.322 e. The minimum atomic E-state index is -2.02. The van der Waals surface area contributed by atoms with Crippen LogP contribution in [0.2, 0.25) is 0 Å². The van der Waals surface area contributed by atoms with Crippen LogP contribution in [0.15, 0.2) is 24.3 Å². The van der Waals surface area contributed by atoms with Gasteiger partial charge in [0.25, 0.3) is 0 Å². The highest BCUT2D eigenvalue weighted by Crippen LogP contribution is 2.21. The highest BCUT2D eigenvalue weighted by atomic mass is 16.4. The first-order chi connectivity index (χ1) is 45.9. The fourth-order valence-corrected chi connectivity index (χ4v) is 10.00. The molecule has 98 heavy (non-hydrogen) atoms. The molecule has 1 aromatic carbocycles. The number of primary amides is 3. The fourth-order valence-electron chi connectivity index (χ4n) is 10.00. The van der Waals surface area contributed by atoms with Crippen LogP contribution >= 0.6 is 0 Å². The third kappa shape index (κ3) is 27.9. The van der Waals surface area contributed by atoms with Crippen molar-refractivity contribution < 1.29 is 97.1 Å². The molecule has 1 aliphatic heterocycles. The van der Waals surface area contributed by atoms with E-state index in [4.69, 9.17) is 28.0 Å². The number of hydrogen-bond acceptors (Lipinski definition) is 20. The Morgan fingerprint density at radius 3 is 1.44 bits per heavy atom. The normalized spacial score (nSPS) is 17.0. The summed E-state index contributed by atoms with van der Waals surface area (Å²) in [6.45, 7) is 11.8. The Labute approximate surface area is 567 Å². The molecular formula is C62H100N16O20. The van der Waals surface area contributed by atoms with Crippen LogP contribution < -0.4 is 81.4 Å². The standard InChI is InChI=1S/C62H100N16O20/c1-10-30(6)47(66)58(94)67-26-45(85)69-38(24-34-15-17-35(81)18-16-34)55(91)74-48(29(4)5)59(95)76-49(31(7)11-2)60(96)73-40(28-79)56(92)72-39(25-44(65)84)54(90)71-36(19-21-42(63)82)52(88)70-37(20-22-43(64)83)53(89)75-50(32(8)12-3)61(97)77-51(33(9)80)62(98)78-23-13-14-41(78)57(93)68-27-46(86)87/h15-18,29-33,36-41,47-51,79-81H,10-14,19-28,66H2,1-9H3,(H2,63,82)(H2,64,83)(H2,65,84)(H,67,94)(H,68,93)(H,69,85)(H,70,88)(H,71,90)(H,72,92)(H,73,96)(H,74,91)(H,75,89)(H,76,95)(H,77,97)(H,86,87)/t30-,31-,32-,33+,36-,37-,38-,39-,40-,41-,47-,48-,49-,50+,51-/m0/s1. The number of hydrogen-bond donors (Lipinski definition) is 19. The van der Waals surface area contributed by atoms with Gasteiger partial charge in [-0.15, -0.1) is 0 Å². The number of benzene rings is 1. The Balaban J connectivity index is 2.42. The Morgan fingerprint density at radius 1 is 0.520 bits per heavy atom. The van der Waals surface area contributed by atoms with Gasteiger partial charge in [0.15, 0.2) is 0 Å². The number of amides is 15. The van der Waals surface area contributed by atoms with Gasteiger partial charge in [0.1, 0.15) is 72.7 Å². The highest BCUT2D eigenvalue weighted by molar-refractivity contribution is 6.01. The summed E-state index contributed by atoms with van der Waals surface area (Å²) in [5.41, 5.74) is 22.8. The third-order valence-corrected chi connectivity index (χ3v) is 16.6. The van der Waals surface area contributed by atoms with Gasteiger partial charge in [-0.2, -0.15) is 0 Å². The predicted octanol–water partition coefficient (Wildman–Crippen LogP) is -6.49. The van der Waals surface area contributed by atoms with Crippen LogP contribution in [0.5, 0.6) is 5.75 Å². The highest BCUT2D eigenvalue weighted by Gasteiger charge is 2.42. The van der Waals surface area contributed by atoms with Crippen molar-refractivity contribution in [1.29, 1.82) is 0 Å². The lowest BCUT2D eigenvalue weighted by Gasteiger charge is -2.32. The number of aliphatic hydroxyl groups excluding tert-OH is 2. The second-order valence-electron chi connectivity index (χ2n) is 24.7. The molecule has 1 saturated heterocycles. The number of phenols is 1. The van der Waals surface area contributed by atoms with Crippen LogP contribution in [-0.4, -0.2) is 219 Å². The Bertz CT molecular complexity index is 2990. The molecule has 548 valence electrons. The molecule has 0 radical (unpaired) electrons.